The lowest BCUT2D eigenvalue weighted by Gasteiger charge is -2.32. The molecule has 3 aromatic rings. The molecule has 0 unspecified atom stereocenters. The third-order valence-corrected chi connectivity index (χ3v) is 7.13. The number of hydrogen-bond donors (Lipinski definition) is 1. The minimum Gasteiger partial charge on any atom is -0.346 e. The molecule has 8 heteroatoms. The molecule has 0 aromatic carbocycles. The van der Waals surface area contributed by atoms with E-state index in [2.05, 4.69) is 31.3 Å². The number of rotatable bonds is 4. The zero-order chi connectivity index (χ0) is 17.2. The molecule has 25 heavy (non-hydrogen) atoms. The van der Waals surface area contributed by atoms with Crippen molar-refractivity contribution in [2.24, 2.45) is 0 Å². The van der Waals surface area contributed by atoms with Crippen LogP contribution in [-0.2, 0) is 0 Å². The van der Waals surface area contributed by atoms with Crippen molar-refractivity contribution >= 4 is 44.5 Å². The van der Waals surface area contributed by atoms with Gasteiger partial charge in [0.1, 0.15) is 10.7 Å². The summed E-state index contributed by atoms with van der Waals surface area (Å²) in [6.45, 7) is 0. The number of nitrogens with zero attached hydrogens (tertiary/aromatic N) is 3. The van der Waals surface area contributed by atoms with E-state index >= 15 is 0 Å². The Labute approximate surface area is 162 Å². The van der Waals surface area contributed by atoms with Crippen LogP contribution in [0.15, 0.2) is 39.8 Å². The Kier molecular flexibility index (Phi) is 5.00. The third kappa shape index (κ3) is 3.70. The van der Waals surface area contributed by atoms with Gasteiger partial charge in [0.25, 0.3) is 5.91 Å². The first-order valence-electron chi connectivity index (χ1n) is 8.20. The maximum Gasteiger partial charge on any atom is 0.271 e. The van der Waals surface area contributed by atoms with Crippen molar-refractivity contribution in [1.29, 1.82) is 0 Å². The Morgan fingerprint density at radius 1 is 1.28 bits per heavy atom. The summed E-state index contributed by atoms with van der Waals surface area (Å²) in [5.74, 6) is -0.0952. The highest BCUT2D eigenvalue weighted by atomic mass is 79.9. The van der Waals surface area contributed by atoms with Crippen LogP contribution in [-0.4, -0.2) is 26.7 Å². The zero-order valence-electron chi connectivity index (χ0n) is 13.4. The Morgan fingerprint density at radius 3 is 2.92 bits per heavy atom. The summed E-state index contributed by atoms with van der Waals surface area (Å²) < 4.78 is 3.01. The molecule has 4 rings (SSSR count). The molecule has 0 aliphatic heterocycles. The fourth-order valence-electron chi connectivity index (χ4n) is 3.23. The second kappa shape index (κ2) is 7.39. The quantitative estimate of drug-likeness (QED) is 0.641. The predicted octanol–water partition coefficient (Wildman–Crippen LogP) is 4.74. The van der Waals surface area contributed by atoms with Gasteiger partial charge < -0.3 is 5.32 Å². The first-order chi connectivity index (χ1) is 12.2. The van der Waals surface area contributed by atoms with Crippen LogP contribution >= 0.6 is 38.6 Å². The largest absolute Gasteiger partial charge is 0.346 e. The predicted molar refractivity (Wildman–Crippen MR) is 104 cm³/mol. The van der Waals surface area contributed by atoms with Gasteiger partial charge in [0, 0.05) is 27.6 Å². The van der Waals surface area contributed by atoms with Crippen LogP contribution in [0.4, 0.5) is 0 Å². The molecule has 3 heterocycles. The summed E-state index contributed by atoms with van der Waals surface area (Å²) in [4.78, 5) is 18.3. The van der Waals surface area contributed by atoms with Crippen molar-refractivity contribution in [2.45, 2.75) is 37.8 Å². The van der Waals surface area contributed by atoms with Crippen LogP contribution in [0.3, 0.4) is 0 Å². The molecule has 0 saturated heterocycles. The lowest BCUT2D eigenvalue weighted by molar-refractivity contribution is 0.0901. The van der Waals surface area contributed by atoms with Gasteiger partial charge in [0.2, 0.25) is 0 Å². The molecule has 1 aliphatic rings. The van der Waals surface area contributed by atoms with Crippen molar-refractivity contribution in [3.8, 4) is 9.88 Å². The fraction of sp³-hybridized carbons (Fsp3) is 0.353. The number of hydrogen-bond acceptors (Lipinski definition) is 5. The Hall–Kier alpha value is -1.51. The molecule has 2 atom stereocenters. The highest BCUT2D eigenvalue weighted by Crippen LogP contribution is 2.32. The van der Waals surface area contributed by atoms with Gasteiger partial charge >= 0.3 is 0 Å². The molecule has 1 aliphatic carbocycles. The van der Waals surface area contributed by atoms with Crippen LogP contribution < -0.4 is 5.32 Å². The molecule has 1 amide bonds. The summed E-state index contributed by atoms with van der Waals surface area (Å²) in [5, 5.41) is 12.3. The second-order valence-electron chi connectivity index (χ2n) is 6.08. The Morgan fingerprint density at radius 2 is 2.16 bits per heavy atom. The number of amides is 1. The molecule has 1 fully saturated rings. The Balaban J connectivity index is 1.48. The van der Waals surface area contributed by atoms with E-state index in [1.54, 1.807) is 17.5 Å². The number of thiazole rings is 1. The van der Waals surface area contributed by atoms with Gasteiger partial charge in [-0.2, -0.15) is 5.10 Å². The molecular weight excluding hydrogens is 420 g/mol. The van der Waals surface area contributed by atoms with Crippen molar-refractivity contribution < 1.29 is 4.79 Å². The summed E-state index contributed by atoms with van der Waals surface area (Å²) in [7, 11) is 0. The number of nitrogens with one attached hydrogen (secondary N) is 1. The molecule has 5 nitrogen and oxygen atoms in total. The monoisotopic (exact) mass is 436 g/mol. The number of halogens is 1. The van der Waals surface area contributed by atoms with E-state index < -0.39 is 0 Å². The average molecular weight is 437 g/mol. The van der Waals surface area contributed by atoms with Crippen molar-refractivity contribution in [1.82, 2.24) is 20.1 Å². The van der Waals surface area contributed by atoms with E-state index in [1.165, 1.54) is 17.8 Å². The SMILES string of the molecule is O=C(N[C@H]1CCCC[C@@H]1n1cccn1)c1csc(-c2cc(Br)cs2)n1. The number of aromatic nitrogens is 3. The minimum atomic E-state index is -0.0952. The van der Waals surface area contributed by atoms with Gasteiger partial charge in [-0.3, -0.25) is 9.48 Å². The van der Waals surface area contributed by atoms with Gasteiger partial charge in [-0.1, -0.05) is 12.8 Å². The number of carbonyl (C=O) groups excluding carboxylic acids is 1. The van der Waals surface area contributed by atoms with Crippen LogP contribution in [0.2, 0.25) is 0 Å². The van der Waals surface area contributed by atoms with E-state index in [1.807, 2.05) is 33.8 Å². The van der Waals surface area contributed by atoms with Crippen molar-refractivity contribution in [3.05, 3.63) is 45.5 Å². The van der Waals surface area contributed by atoms with Gasteiger partial charge in [-0.15, -0.1) is 22.7 Å². The third-order valence-electron chi connectivity index (χ3n) is 4.43. The smallest absolute Gasteiger partial charge is 0.271 e. The summed E-state index contributed by atoms with van der Waals surface area (Å²) >= 11 is 6.58. The maximum atomic E-state index is 12.7. The Bertz CT molecular complexity index is 858. The molecule has 0 spiro atoms. The van der Waals surface area contributed by atoms with E-state index in [0.29, 0.717) is 5.69 Å². The first kappa shape index (κ1) is 16.9. The van der Waals surface area contributed by atoms with Crippen LogP contribution in [0.25, 0.3) is 9.88 Å². The molecule has 1 saturated carbocycles. The standard InChI is InChI=1S/C17H17BrN4OS2/c18-11-8-15(24-9-11)17-21-13(10-25-17)16(23)20-12-4-1-2-5-14(12)22-7-3-6-19-22/h3,6-10,12,14H,1-2,4-5H2,(H,20,23)/t12-,14-/m0/s1. The van der Waals surface area contributed by atoms with Crippen LogP contribution in [0.5, 0.6) is 0 Å². The minimum absolute atomic E-state index is 0.0952. The summed E-state index contributed by atoms with van der Waals surface area (Å²) in [6, 6.07) is 4.28. The molecule has 0 bridgehead atoms. The average Bonchev–Trinajstić information content (AvgIpc) is 3.36. The number of carbonyl (C=O) groups is 1. The topological polar surface area (TPSA) is 59.8 Å². The normalized spacial score (nSPS) is 20.5. The van der Waals surface area contributed by atoms with E-state index in [4.69, 9.17) is 0 Å². The van der Waals surface area contributed by atoms with Crippen molar-refractivity contribution in [3.63, 3.8) is 0 Å². The highest BCUT2D eigenvalue weighted by molar-refractivity contribution is 9.10. The lowest BCUT2D eigenvalue weighted by Crippen LogP contribution is -2.43. The van der Waals surface area contributed by atoms with Crippen LogP contribution in [0, 0.1) is 0 Å². The number of thiophene rings is 1. The van der Waals surface area contributed by atoms with E-state index in [9.17, 15) is 4.79 Å². The van der Waals surface area contributed by atoms with Gasteiger partial charge in [-0.05, 0) is 40.9 Å². The van der Waals surface area contributed by atoms with Gasteiger partial charge in [0.15, 0.2) is 0 Å². The molecular formula is C17H17BrN4OS2. The van der Waals surface area contributed by atoms with E-state index in [0.717, 1.165) is 33.6 Å². The van der Waals surface area contributed by atoms with E-state index in [-0.39, 0.29) is 18.0 Å². The molecule has 130 valence electrons. The fourth-order valence-corrected chi connectivity index (χ4v) is 5.54. The maximum absolute atomic E-state index is 12.7. The molecule has 3 aromatic heterocycles. The van der Waals surface area contributed by atoms with Gasteiger partial charge in [-0.25, -0.2) is 4.98 Å². The first-order valence-corrected chi connectivity index (χ1v) is 10.8. The highest BCUT2D eigenvalue weighted by Gasteiger charge is 2.29. The molecule has 1 N–H and O–H groups in total. The summed E-state index contributed by atoms with van der Waals surface area (Å²) in [6.07, 6.45) is 8.09. The van der Waals surface area contributed by atoms with Crippen molar-refractivity contribution in [2.75, 3.05) is 0 Å². The van der Waals surface area contributed by atoms with Gasteiger partial charge in [0.05, 0.1) is 17.0 Å². The lowest BCUT2D eigenvalue weighted by atomic mass is 9.90. The second-order valence-corrected chi connectivity index (χ2v) is 8.77. The summed E-state index contributed by atoms with van der Waals surface area (Å²) in [5.41, 5.74) is 0.495. The molecule has 0 radical (unpaired) electrons. The van der Waals surface area contributed by atoms with Crippen LogP contribution in [0.1, 0.15) is 42.2 Å². The zero-order valence-corrected chi connectivity index (χ0v) is 16.6.